The number of pyridine rings is 1. The van der Waals surface area contributed by atoms with E-state index in [1.54, 1.807) is 6.20 Å². The van der Waals surface area contributed by atoms with Crippen LogP contribution in [0.2, 0.25) is 0 Å². The SMILES string of the molecule is CN1C=CC=CC=C1c1cccnc1. The van der Waals surface area contributed by atoms with E-state index in [1.165, 1.54) is 0 Å². The first-order valence-electron chi connectivity index (χ1n) is 4.56. The van der Waals surface area contributed by atoms with Crippen molar-refractivity contribution in [1.29, 1.82) is 0 Å². The van der Waals surface area contributed by atoms with Gasteiger partial charge in [0.2, 0.25) is 0 Å². The van der Waals surface area contributed by atoms with Gasteiger partial charge >= 0.3 is 0 Å². The lowest BCUT2D eigenvalue weighted by Gasteiger charge is -2.17. The van der Waals surface area contributed by atoms with Crippen LogP contribution >= 0.6 is 0 Å². The number of allylic oxidation sites excluding steroid dienone is 4. The lowest BCUT2D eigenvalue weighted by Crippen LogP contribution is -2.08. The Kier molecular flexibility index (Phi) is 2.45. The van der Waals surface area contributed by atoms with Crippen LogP contribution in [0.25, 0.3) is 5.70 Å². The van der Waals surface area contributed by atoms with Crippen molar-refractivity contribution in [3.8, 4) is 0 Å². The third-order valence-electron chi connectivity index (χ3n) is 2.12. The highest BCUT2D eigenvalue weighted by Crippen LogP contribution is 2.18. The minimum atomic E-state index is 1.13. The predicted molar refractivity (Wildman–Crippen MR) is 58.3 cm³/mol. The van der Waals surface area contributed by atoms with Gasteiger partial charge in [-0.2, -0.15) is 0 Å². The van der Waals surface area contributed by atoms with Gasteiger partial charge in [0, 0.05) is 36.9 Å². The zero-order chi connectivity index (χ0) is 9.80. The summed E-state index contributed by atoms with van der Waals surface area (Å²) in [6, 6.07) is 4.00. The lowest BCUT2D eigenvalue weighted by atomic mass is 10.2. The highest BCUT2D eigenvalue weighted by molar-refractivity contribution is 5.66. The summed E-state index contributed by atoms with van der Waals surface area (Å²) in [6.07, 6.45) is 13.8. The van der Waals surface area contributed by atoms with Crippen molar-refractivity contribution in [3.05, 3.63) is 60.6 Å². The molecule has 1 aliphatic heterocycles. The van der Waals surface area contributed by atoms with Crippen LogP contribution < -0.4 is 0 Å². The molecule has 0 saturated heterocycles. The maximum absolute atomic E-state index is 4.11. The van der Waals surface area contributed by atoms with Crippen molar-refractivity contribution >= 4 is 5.70 Å². The Morgan fingerprint density at radius 2 is 2.14 bits per heavy atom. The van der Waals surface area contributed by atoms with Crippen LogP contribution in [0.15, 0.2) is 55.0 Å². The first-order chi connectivity index (χ1) is 6.88. The van der Waals surface area contributed by atoms with Crippen molar-refractivity contribution < 1.29 is 0 Å². The van der Waals surface area contributed by atoms with Crippen LogP contribution in [-0.4, -0.2) is 16.9 Å². The first kappa shape index (κ1) is 8.75. The predicted octanol–water partition coefficient (Wildman–Crippen LogP) is 2.44. The molecule has 70 valence electrons. The Morgan fingerprint density at radius 1 is 1.21 bits per heavy atom. The van der Waals surface area contributed by atoms with Gasteiger partial charge in [-0.1, -0.05) is 12.2 Å². The zero-order valence-electron chi connectivity index (χ0n) is 8.09. The summed E-state index contributed by atoms with van der Waals surface area (Å²) in [5.74, 6) is 0. The summed E-state index contributed by atoms with van der Waals surface area (Å²) >= 11 is 0. The van der Waals surface area contributed by atoms with E-state index in [9.17, 15) is 0 Å². The highest BCUT2D eigenvalue weighted by Gasteiger charge is 2.04. The molecular formula is C12H12N2. The molecule has 2 heterocycles. The van der Waals surface area contributed by atoms with Gasteiger partial charge in [-0.3, -0.25) is 4.98 Å². The monoisotopic (exact) mass is 184 g/mol. The van der Waals surface area contributed by atoms with Gasteiger partial charge in [0.25, 0.3) is 0 Å². The Morgan fingerprint density at radius 3 is 2.93 bits per heavy atom. The Balaban J connectivity index is 2.39. The molecule has 0 amide bonds. The fourth-order valence-corrected chi connectivity index (χ4v) is 1.40. The van der Waals surface area contributed by atoms with Gasteiger partial charge in [0.15, 0.2) is 0 Å². The van der Waals surface area contributed by atoms with Crippen LogP contribution in [0.4, 0.5) is 0 Å². The zero-order valence-corrected chi connectivity index (χ0v) is 8.09. The van der Waals surface area contributed by atoms with Crippen LogP contribution in [0.3, 0.4) is 0 Å². The Labute approximate surface area is 83.9 Å². The van der Waals surface area contributed by atoms with Crippen LogP contribution in [0.1, 0.15) is 5.56 Å². The van der Waals surface area contributed by atoms with E-state index in [0.29, 0.717) is 0 Å². The molecule has 1 aromatic heterocycles. The second kappa shape index (κ2) is 3.92. The fraction of sp³-hybridized carbons (Fsp3) is 0.0833. The number of rotatable bonds is 1. The largest absolute Gasteiger partial charge is 0.351 e. The van der Waals surface area contributed by atoms with Gasteiger partial charge in [-0.25, -0.2) is 0 Å². The second-order valence-electron chi connectivity index (χ2n) is 3.13. The van der Waals surface area contributed by atoms with E-state index in [4.69, 9.17) is 0 Å². The Bertz CT molecular complexity index is 388. The summed E-state index contributed by atoms with van der Waals surface area (Å²) in [6.45, 7) is 0. The summed E-state index contributed by atoms with van der Waals surface area (Å²) in [5.41, 5.74) is 2.29. The molecule has 0 unspecified atom stereocenters. The minimum Gasteiger partial charge on any atom is -0.351 e. The number of aromatic nitrogens is 1. The van der Waals surface area contributed by atoms with Crippen molar-refractivity contribution in [1.82, 2.24) is 9.88 Å². The van der Waals surface area contributed by atoms with Crippen LogP contribution in [0, 0.1) is 0 Å². The van der Waals surface area contributed by atoms with Crippen molar-refractivity contribution in [2.24, 2.45) is 0 Å². The topological polar surface area (TPSA) is 16.1 Å². The average molecular weight is 184 g/mol. The molecule has 0 radical (unpaired) electrons. The number of hydrogen-bond acceptors (Lipinski definition) is 2. The molecule has 0 fully saturated rings. The molecule has 2 heteroatoms. The van der Waals surface area contributed by atoms with Gasteiger partial charge in [0.05, 0.1) is 0 Å². The lowest BCUT2D eigenvalue weighted by molar-refractivity contribution is 0.656. The first-order valence-corrected chi connectivity index (χ1v) is 4.56. The van der Waals surface area contributed by atoms with E-state index >= 15 is 0 Å². The number of nitrogens with zero attached hydrogens (tertiary/aromatic N) is 2. The highest BCUT2D eigenvalue weighted by atomic mass is 15.1. The third kappa shape index (κ3) is 1.74. The van der Waals surface area contributed by atoms with E-state index in [1.807, 2.05) is 43.7 Å². The van der Waals surface area contributed by atoms with Gasteiger partial charge in [-0.15, -0.1) is 0 Å². The van der Waals surface area contributed by atoms with Crippen molar-refractivity contribution in [3.63, 3.8) is 0 Å². The molecule has 1 aliphatic rings. The molecule has 0 aromatic carbocycles. The van der Waals surface area contributed by atoms with Gasteiger partial charge in [-0.05, 0) is 24.3 Å². The quantitative estimate of drug-likeness (QED) is 0.666. The van der Waals surface area contributed by atoms with E-state index < -0.39 is 0 Å². The molecule has 0 N–H and O–H groups in total. The van der Waals surface area contributed by atoms with E-state index in [-0.39, 0.29) is 0 Å². The van der Waals surface area contributed by atoms with Crippen LogP contribution in [0.5, 0.6) is 0 Å². The Hall–Kier alpha value is -1.83. The minimum absolute atomic E-state index is 1.13. The molecule has 0 aliphatic carbocycles. The molecule has 1 aromatic rings. The summed E-state index contributed by atoms with van der Waals surface area (Å²) in [7, 11) is 2.03. The molecule has 2 nitrogen and oxygen atoms in total. The maximum atomic E-state index is 4.11. The van der Waals surface area contributed by atoms with E-state index in [0.717, 1.165) is 11.3 Å². The van der Waals surface area contributed by atoms with Crippen molar-refractivity contribution in [2.45, 2.75) is 0 Å². The average Bonchev–Trinajstić information content (AvgIpc) is 2.44. The third-order valence-corrected chi connectivity index (χ3v) is 2.12. The van der Waals surface area contributed by atoms with E-state index in [2.05, 4.69) is 22.0 Å². The molecule has 2 rings (SSSR count). The molecule has 14 heavy (non-hydrogen) atoms. The smallest absolute Gasteiger partial charge is 0.0492 e. The standard InChI is InChI=1S/C12H12N2/c1-14-9-4-2-3-7-12(14)11-6-5-8-13-10-11/h2-10H,1H3. The van der Waals surface area contributed by atoms with Crippen molar-refractivity contribution in [2.75, 3.05) is 7.05 Å². The number of hydrogen-bond donors (Lipinski definition) is 0. The second-order valence-corrected chi connectivity index (χ2v) is 3.13. The van der Waals surface area contributed by atoms with Crippen LogP contribution in [-0.2, 0) is 0 Å². The summed E-state index contributed by atoms with van der Waals surface area (Å²) < 4.78 is 0. The fourth-order valence-electron chi connectivity index (χ4n) is 1.40. The molecule has 0 bridgehead atoms. The van der Waals surface area contributed by atoms with Gasteiger partial charge < -0.3 is 4.90 Å². The normalized spacial score (nSPS) is 15.2. The summed E-state index contributed by atoms with van der Waals surface area (Å²) in [4.78, 5) is 6.19. The molecule has 0 spiro atoms. The molecular weight excluding hydrogens is 172 g/mol. The molecule has 0 saturated carbocycles. The van der Waals surface area contributed by atoms with Gasteiger partial charge in [0.1, 0.15) is 0 Å². The maximum Gasteiger partial charge on any atom is 0.0492 e. The molecule has 0 atom stereocenters. The summed E-state index contributed by atoms with van der Waals surface area (Å²) in [5, 5.41) is 0.